The Hall–Kier alpha value is -3.67. The SMILES string of the molecule is CN(c1ccccc1CNc1nc(Nc2ccc3c(c2)CCC(=O)C3)ncc1C(F)(F)F)S(C)(=O)=O. The third-order valence-corrected chi connectivity index (χ3v) is 7.08. The van der Waals surface area contributed by atoms with E-state index in [1.54, 1.807) is 30.3 Å². The summed E-state index contributed by atoms with van der Waals surface area (Å²) < 4.78 is 66.0. The molecule has 0 spiro atoms. The van der Waals surface area contributed by atoms with Gasteiger partial charge in [-0.15, -0.1) is 0 Å². The van der Waals surface area contributed by atoms with E-state index in [9.17, 15) is 26.4 Å². The zero-order valence-corrected chi connectivity index (χ0v) is 20.4. The molecule has 2 aromatic carbocycles. The molecule has 1 heterocycles. The summed E-state index contributed by atoms with van der Waals surface area (Å²) in [7, 11) is -2.20. The van der Waals surface area contributed by atoms with Crippen LogP contribution in [0.5, 0.6) is 0 Å². The molecular formula is C24H24F3N5O3S. The normalized spacial score (nSPS) is 13.8. The number of anilines is 4. The van der Waals surface area contributed by atoms with Gasteiger partial charge in [-0.2, -0.15) is 18.2 Å². The van der Waals surface area contributed by atoms with Crippen LogP contribution in [0.1, 0.15) is 28.7 Å². The van der Waals surface area contributed by atoms with Crippen molar-refractivity contribution in [3.8, 4) is 0 Å². The van der Waals surface area contributed by atoms with E-state index in [1.807, 2.05) is 12.1 Å². The maximum atomic E-state index is 13.7. The van der Waals surface area contributed by atoms with Gasteiger partial charge in [-0.25, -0.2) is 13.4 Å². The summed E-state index contributed by atoms with van der Waals surface area (Å²) in [5, 5.41) is 5.62. The number of ketones is 1. The predicted molar refractivity (Wildman–Crippen MR) is 131 cm³/mol. The van der Waals surface area contributed by atoms with E-state index in [1.165, 1.54) is 7.05 Å². The molecule has 0 saturated carbocycles. The van der Waals surface area contributed by atoms with Crippen molar-refractivity contribution in [2.45, 2.75) is 32.0 Å². The molecule has 4 rings (SSSR count). The first-order valence-corrected chi connectivity index (χ1v) is 12.9. The Morgan fingerprint density at radius 1 is 1.08 bits per heavy atom. The number of alkyl halides is 3. The second-order valence-corrected chi connectivity index (χ2v) is 10.5. The van der Waals surface area contributed by atoms with Crippen molar-refractivity contribution in [2.75, 3.05) is 28.2 Å². The van der Waals surface area contributed by atoms with Gasteiger partial charge in [0, 0.05) is 38.3 Å². The maximum Gasteiger partial charge on any atom is 0.421 e. The molecule has 0 saturated heterocycles. The summed E-state index contributed by atoms with van der Waals surface area (Å²) in [6, 6.07) is 11.9. The van der Waals surface area contributed by atoms with Crippen LogP contribution < -0.4 is 14.9 Å². The highest BCUT2D eigenvalue weighted by atomic mass is 32.2. The monoisotopic (exact) mass is 519 g/mol. The number of hydrogen-bond acceptors (Lipinski definition) is 7. The first kappa shape index (κ1) is 25.4. The number of nitrogens with one attached hydrogen (secondary N) is 2. The van der Waals surface area contributed by atoms with E-state index in [2.05, 4.69) is 20.6 Å². The van der Waals surface area contributed by atoms with Crippen LogP contribution in [0, 0.1) is 0 Å². The number of hydrogen-bond donors (Lipinski definition) is 2. The van der Waals surface area contributed by atoms with E-state index in [-0.39, 0.29) is 18.3 Å². The number of carbonyl (C=O) groups excluding carboxylic acids is 1. The van der Waals surface area contributed by atoms with Gasteiger partial charge in [0.05, 0.1) is 11.9 Å². The Morgan fingerprint density at radius 2 is 1.83 bits per heavy atom. The number of aryl methyl sites for hydroxylation is 1. The molecule has 8 nitrogen and oxygen atoms in total. The predicted octanol–water partition coefficient (Wildman–Crippen LogP) is 4.30. The Kier molecular flexibility index (Phi) is 6.90. The minimum absolute atomic E-state index is 0.0427. The van der Waals surface area contributed by atoms with E-state index in [0.29, 0.717) is 42.4 Å². The van der Waals surface area contributed by atoms with E-state index in [0.717, 1.165) is 21.7 Å². The van der Waals surface area contributed by atoms with Crippen LogP contribution in [-0.2, 0) is 40.4 Å². The molecule has 0 bridgehead atoms. The van der Waals surface area contributed by atoms with E-state index in [4.69, 9.17) is 0 Å². The molecule has 12 heteroatoms. The van der Waals surface area contributed by atoms with Gasteiger partial charge in [-0.1, -0.05) is 24.3 Å². The maximum absolute atomic E-state index is 13.7. The number of fused-ring (bicyclic) bond motifs is 1. The molecule has 0 radical (unpaired) electrons. The van der Waals surface area contributed by atoms with Gasteiger partial charge in [0.25, 0.3) is 0 Å². The molecular weight excluding hydrogens is 495 g/mol. The Balaban J connectivity index is 1.60. The standard InChI is InChI=1S/C24H24F3N5O3S/c1-32(36(2,34)35)21-6-4-3-5-17(21)13-28-22-20(24(25,26)27)14-29-23(31-22)30-18-9-7-16-12-19(33)10-8-15(16)11-18/h3-7,9,11,14H,8,10,12-13H2,1-2H3,(H2,28,29,30,31). The van der Waals surface area contributed by atoms with Gasteiger partial charge in [0.2, 0.25) is 16.0 Å². The number of benzene rings is 2. The lowest BCUT2D eigenvalue weighted by atomic mass is 9.90. The fourth-order valence-electron chi connectivity index (χ4n) is 3.92. The fraction of sp³-hybridized carbons (Fsp3) is 0.292. The van der Waals surface area contributed by atoms with Crippen molar-refractivity contribution < 1.29 is 26.4 Å². The number of carbonyl (C=O) groups is 1. The summed E-state index contributed by atoms with van der Waals surface area (Å²) in [6.45, 7) is -0.109. The largest absolute Gasteiger partial charge is 0.421 e. The molecule has 2 N–H and O–H groups in total. The first-order valence-electron chi connectivity index (χ1n) is 11.0. The summed E-state index contributed by atoms with van der Waals surface area (Å²) in [5.41, 5.74) is 2.28. The second-order valence-electron chi connectivity index (χ2n) is 8.49. The van der Waals surface area contributed by atoms with Crippen LogP contribution in [0.4, 0.5) is 36.3 Å². The molecule has 3 aromatic rings. The fourth-order valence-corrected chi connectivity index (χ4v) is 4.46. The molecule has 190 valence electrons. The van der Waals surface area contributed by atoms with Gasteiger partial charge >= 0.3 is 6.18 Å². The lowest BCUT2D eigenvalue weighted by Crippen LogP contribution is -2.26. The number of halogens is 3. The third kappa shape index (κ3) is 5.76. The van der Waals surface area contributed by atoms with Crippen molar-refractivity contribution in [3.05, 3.63) is 70.9 Å². The topological polar surface area (TPSA) is 104 Å². The minimum atomic E-state index is -4.71. The van der Waals surface area contributed by atoms with Gasteiger partial charge in [-0.3, -0.25) is 9.10 Å². The minimum Gasteiger partial charge on any atom is -0.365 e. The van der Waals surface area contributed by atoms with Crippen LogP contribution in [0.15, 0.2) is 48.7 Å². The Labute approximate surface area is 206 Å². The van der Waals surface area contributed by atoms with Crippen LogP contribution in [0.25, 0.3) is 0 Å². The lowest BCUT2D eigenvalue weighted by molar-refractivity contribution is -0.137. The van der Waals surface area contributed by atoms with Crippen LogP contribution >= 0.6 is 0 Å². The number of nitrogens with zero attached hydrogens (tertiary/aromatic N) is 3. The quantitative estimate of drug-likeness (QED) is 0.480. The van der Waals surface area contributed by atoms with Crippen molar-refractivity contribution in [2.24, 2.45) is 0 Å². The summed E-state index contributed by atoms with van der Waals surface area (Å²) in [4.78, 5) is 19.5. The summed E-state index contributed by atoms with van der Waals surface area (Å²) >= 11 is 0. The first-order chi connectivity index (χ1) is 16.9. The molecule has 0 aliphatic heterocycles. The number of rotatable bonds is 7. The molecule has 0 amide bonds. The molecule has 1 aliphatic carbocycles. The Morgan fingerprint density at radius 3 is 2.56 bits per heavy atom. The average molecular weight is 520 g/mol. The van der Waals surface area contributed by atoms with Gasteiger partial charge in [0.15, 0.2) is 0 Å². The third-order valence-electron chi connectivity index (χ3n) is 5.89. The molecule has 1 aromatic heterocycles. The van der Waals surface area contributed by atoms with Crippen LogP contribution in [0.3, 0.4) is 0 Å². The molecule has 0 fully saturated rings. The smallest absolute Gasteiger partial charge is 0.365 e. The number of aromatic nitrogens is 2. The summed E-state index contributed by atoms with van der Waals surface area (Å²) in [6.07, 6.45) is -1.54. The van der Waals surface area contributed by atoms with Gasteiger partial charge in [0.1, 0.15) is 17.2 Å². The molecule has 0 atom stereocenters. The van der Waals surface area contributed by atoms with Crippen LogP contribution in [-0.4, -0.2) is 37.5 Å². The zero-order chi connectivity index (χ0) is 26.1. The van der Waals surface area contributed by atoms with E-state index < -0.39 is 27.6 Å². The highest BCUT2D eigenvalue weighted by Gasteiger charge is 2.35. The molecule has 36 heavy (non-hydrogen) atoms. The molecule has 1 aliphatic rings. The lowest BCUT2D eigenvalue weighted by Gasteiger charge is -2.21. The number of para-hydroxylation sites is 1. The van der Waals surface area contributed by atoms with Crippen molar-refractivity contribution >= 4 is 38.9 Å². The van der Waals surface area contributed by atoms with Crippen LogP contribution in [0.2, 0.25) is 0 Å². The van der Waals surface area contributed by atoms with Crippen molar-refractivity contribution in [3.63, 3.8) is 0 Å². The molecule has 0 unspecified atom stereocenters. The summed E-state index contributed by atoms with van der Waals surface area (Å²) in [5.74, 6) is -0.312. The van der Waals surface area contributed by atoms with Gasteiger partial charge < -0.3 is 10.6 Å². The zero-order valence-electron chi connectivity index (χ0n) is 19.6. The highest BCUT2D eigenvalue weighted by Crippen LogP contribution is 2.35. The second kappa shape index (κ2) is 9.76. The Bertz CT molecular complexity index is 1410. The van der Waals surface area contributed by atoms with Gasteiger partial charge in [-0.05, 0) is 41.3 Å². The number of Topliss-reactive ketones (excluding diaryl/α,β-unsaturated/α-hetero) is 1. The van der Waals surface area contributed by atoms with Crippen molar-refractivity contribution in [1.82, 2.24) is 9.97 Å². The highest BCUT2D eigenvalue weighted by molar-refractivity contribution is 7.92. The number of sulfonamides is 1. The average Bonchev–Trinajstić information content (AvgIpc) is 2.81. The van der Waals surface area contributed by atoms with Crippen molar-refractivity contribution in [1.29, 1.82) is 0 Å². The van der Waals surface area contributed by atoms with E-state index >= 15 is 0 Å².